The van der Waals surface area contributed by atoms with Gasteiger partial charge in [0.25, 0.3) is 0 Å². The first-order valence-corrected chi connectivity index (χ1v) is 6.83. The van der Waals surface area contributed by atoms with Crippen molar-refractivity contribution in [3.8, 4) is 0 Å². The van der Waals surface area contributed by atoms with E-state index in [2.05, 4.69) is 40.2 Å². The number of hydrogen-bond acceptors (Lipinski definition) is 4. The van der Waals surface area contributed by atoms with Crippen LogP contribution in [0.2, 0.25) is 0 Å². The number of fused-ring (bicyclic) bond motifs is 2. The van der Waals surface area contributed by atoms with Gasteiger partial charge in [0.1, 0.15) is 0 Å². The molecule has 1 saturated heterocycles. The van der Waals surface area contributed by atoms with Crippen molar-refractivity contribution in [1.82, 2.24) is 4.98 Å². The minimum Gasteiger partial charge on any atom is -0.371 e. The van der Waals surface area contributed by atoms with Crippen molar-refractivity contribution in [2.45, 2.75) is 15.9 Å². The van der Waals surface area contributed by atoms with Crippen LogP contribution in [0.25, 0.3) is 0 Å². The molecule has 2 aliphatic heterocycles. The standard InChI is InChI=1S/C14H12N2OS/c1-2-4-13-11(3-1)16(8-10-9-17-10)12-5-6-15-7-14(12)18-13/h1-7,10H,8-9H2. The van der Waals surface area contributed by atoms with Crippen LogP contribution in [0.5, 0.6) is 0 Å². The lowest BCUT2D eigenvalue weighted by atomic mass is 10.2. The van der Waals surface area contributed by atoms with Crippen LogP contribution in [0, 0.1) is 0 Å². The van der Waals surface area contributed by atoms with E-state index in [0.29, 0.717) is 6.10 Å². The van der Waals surface area contributed by atoms with Crippen molar-refractivity contribution in [3.63, 3.8) is 0 Å². The number of hydrogen-bond donors (Lipinski definition) is 0. The number of anilines is 2. The molecule has 0 spiro atoms. The number of aromatic nitrogens is 1. The molecule has 1 aromatic carbocycles. The monoisotopic (exact) mass is 256 g/mol. The van der Waals surface area contributed by atoms with Gasteiger partial charge < -0.3 is 9.64 Å². The van der Waals surface area contributed by atoms with Crippen LogP contribution in [-0.4, -0.2) is 24.2 Å². The quantitative estimate of drug-likeness (QED) is 0.772. The van der Waals surface area contributed by atoms with E-state index in [1.165, 1.54) is 21.2 Å². The van der Waals surface area contributed by atoms with Crippen molar-refractivity contribution in [3.05, 3.63) is 42.7 Å². The minimum absolute atomic E-state index is 0.377. The predicted octanol–water partition coefficient (Wildman–Crippen LogP) is 3.08. The van der Waals surface area contributed by atoms with E-state index in [1.54, 1.807) is 11.8 Å². The number of para-hydroxylation sites is 1. The fourth-order valence-electron chi connectivity index (χ4n) is 2.26. The second-order valence-corrected chi connectivity index (χ2v) is 5.56. The zero-order chi connectivity index (χ0) is 11.9. The predicted molar refractivity (Wildman–Crippen MR) is 71.5 cm³/mol. The van der Waals surface area contributed by atoms with E-state index in [9.17, 15) is 0 Å². The van der Waals surface area contributed by atoms with Crippen LogP contribution in [0.4, 0.5) is 11.4 Å². The summed E-state index contributed by atoms with van der Waals surface area (Å²) >= 11 is 1.79. The maximum Gasteiger partial charge on any atom is 0.0988 e. The molecule has 2 aromatic rings. The number of ether oxygens (including phenoxy) is 1. The summed E-state index contributed by atoms with van der Waals surface area (Å²) in [5.41, 5.74) is 2.51. The van der Waals surface area contributed by atoms with Gasteiger partial charge in [-0.2, -0.15) is 0 Å². The van der Waals surface area contributed by atoms with Crippen LogP contribution in [0.3, 0.4) is 0 Å². The van der Waals surface area contributed by atoms with E-state index in [-0.39, 0.29) is 0 Å². The Morgan fingerprint density at radius 1 is 1.22 bits per heavy atom. The van der Waals surface area contributed by atoms with Gasteiger partial charge in [0.05, 0.1) is 35.5 Å². The molecule has 1 aromatic heterocycles. The second-order valence-electron chi connectivity index (χ2n) is 4.48. The van der Waals surface area contributed by atoms with Crippen molar-refractivity contribution < 1.29 is 4.74 Å². The van der Waals surface area contributed by atoms with E-state index in [0.717, 1.165) is 13.2 Å². The first-order chi connectivity index (χ1) is 8.92. The van der Waals surface area contributed by atoms with Gasteiger partial charge in [0, 0.05) is 17.3 Å². The molecule has 3 nitrogen and oxygen atoms in total. The van der Waals surface area contributed by atoms with Gasteiger partial charge >= 0.3 is 0 Å². The van der Waals surface area contributed by atoms with Gasteiger partial charge in [-0.3, -0.25) is 4.98 Å². The van der Waals surface area contributed by atoms with Crippen LogP contribution in [0.15, 0.2) is 52.5 Å². The summed E-state index contributed by atoms with van der Waals surface area (Å²) in [6.07, 6.45) is 4.17. The third-order valence-electron chi connectivity index (χ3n) is 3.22. The van der Waals surface area contributed by atoms with E-state index in [4.69, 9.17) is 4.74 Å². The zero-order valence-electron chi connectivity index (χ0n) is 9.74. The van der Waals surface area contributed by atoms with Gasteiger partial charge in [-0.15, -0.1) is 0 Å². The van der Waals surface area contributed by atoms with E-state index < -0.39 is 0 Å². The maximum atomic E-state index is 5.38. The molecular formula is C14H12N2OS. The molecular weight excluding hydrogens is 244 g/mol. The van der Waals surface area contributed by atoms with Gasteiger partial charge in [-0.1, -0.05) is 23.9 Å². The summed E-state index contributed by atoms with van der Waals surface area (Å²) in [5, 5.41) is 0. The normalized spacial score (nSPS) is 20.2. The number of epoxide rings is 1. The molecule has 0 N–H and O–H groups in total. The summed E-state index contributed by atoms with van der Waals surface area (Å²) in [6, 6.07) is 10.6. The minimum atomic E-state index is 0.377. The Balaban J connectivity index is 1.83. The summed E-state index contributed by atoms with van der Waals surface area (Å²) in [6.45, 7) is 1.81. The Kier molecular flexibility index (Phi) is 2.31. The largest absolute Gasteiger partial charge is 0.371 e. The number of rotatable bonds is 2. The third-order valence-corrected chi connectivity index (χ3v) is 4.32. The number of benzene rings is 1. The molecule has 4 heteroatoms. The number of pyridine rings is 1. The average Bonchev–Trinajstić information content (AvgIpc) is 3.22. The third kappa shape index (κ3) is 1.69. The molecule has 1 atom stereocenters. The summed E-state index contributed by atoms with van der Waals surface area (Å²) in [4.78, 5) is 9.08. The molecule has 0 bridgehead atoms. The molecule has 1 unspecified atom stereocenters. The van der Waals surface area contributed by atoms with Gasteiger partial charge in [-0.05, 0) is 18.2 Å². The smallest absolute Gasteiger partial charge is 0.0988 e. The average molecular weight is 256 g/mol. The summed E-state index contributed by atoms with van der Waals surface area (Å²) < 4.78 is 5.38. The first kappa shape index (κ1) is 10.4. The Morgan fingerprint density at radius 2 is 2.06 bits per heavy atom. The first-order valence-electron chi connectivity index (χ1n) is 6.02. The topological polar surface area (TPSA) is 28.7 Å². The van der Waals surface area contributed by atoms with Crippen LogP contribution < -0.4 is 4.90 Å². The fraction of sp³-hybridized carbons (Fsp3) is 0.214. The molecule has 3 heterocycles. The molecule has 4 rings (SSSR count). The van der Waals surface area contributed by atoms with Crippen molar-refractivity contribution in [1.29, 1.82) is 0 Å². The van der Waals surface area contributed by atoms with Crippen LogP contribution in [-0.2, 0) is 4.74 Å². The molecule has 0 amide bonds. The molecule has 0 aliphatic carbocycles. The Labute approximate surface area is 110 Å². The highest BCUT2D eigenvalue weighted by molar-refractivity contribution is 7.99. The zero-order valence-corrected chi connectivity index (χ0v) is 10.6. The Bertz CT molecular complexity index is 552. The van der Waals surface area contributed by atoms with E-state index >= 15 is 0 Å². The molecule has 2 aliphatic rings. The van der Waals surface area contributed by atoms with E-state index in [1.807, 2.05) is 12.4 Å². The molecule has 1 fully saturated rings. The SMILES string of the molecule is c1ccc2c(c1)Sc1cnccc1N2CC1CO1. The van der Waals surface area contributed by atoms with Crippen LogP contribution in [0.1, 0.15) is 0 Å². The highest BCUT2D eigenvalue weighted by atomic mass is 32.2. The Hall–Kier alpha value is -1.52. The molecule has 0 saturated carbocycles. The van der Waals surface area contributed by atoms with Crippen molar-refractivity contribution in [2.24, 2.45) is 0 Å². The molecule has 90 valence electrons. The molecule has 0 radical (unpaired) electrons. The summed E-state index contributed by atoms with van der Waals surface area (Å²) in [5.74, 6) is 0. The fourth-order valence-corrected chi connectivity index (χ4v) is 3.33. The highest BCUT2D eigenvalue weighted by Crippen LogP contribution is 2.47. The highest BCUT2D eigenvalue weighted by Gasteiger charge is 2.30. The van der Waals surface area contributed by atoms with Crippen molar-refractivity contribution >= 4 is 23.1 Å². The lowest BCUT2D eigenvalue weighted by Gasteiger charge is -2.31. The Morgan fingerprint density at radius 3 is 2.94 bits per heavy atom. The lowest BCUT2D eigenvalue weighted by Crippen LogP contribution is -2.25. The lowest BCUT2D eigenvalue weighted by molar-refractivity contribution is 0.411. The van der Waals surface area contributed by atoms with Crippen molar-refractivity contribution in [2.75, 3.05) is 18.1 Å². The summed E-state index contributed by atoms with van der Waals surface area (Å²) in [7, 11) is 0. The maximum absolute atomic E-state index is 5.38. The van der Waals surface area contributed by atoms with Gasteiger partial charge in [0.2, 0.25) is 0 Å². The number of nitrogens with zero attached hydrogens (tertiary/aromatic N) is 2. The molecule has 18 heavy (non-hydrogen) atoms. The van der Waals surface area contributed by atoms with Gasteiger partial charge in [-0.25, -0.2) is 0 Å². The van der Waals surface area contributed by atoms with Gasteiger partial charge in [0.15, 0.2) is 0 Å². The van der Waals surface area contributed by atoms with Crippen LogP contribution >= 0.6 is 11.8 Å². The second kappa shape index (κ2) is 4.00.